The lowest BCUT2D eigenvalue weighted by Gasteiger charge is -2.04. The van der Waals surface area contributed by atoms with Crippen LogP contribution in [0.1, 0.15) is 31.0 Å². The summed E-state index contributed by atoms with van der Waals surface area (Å²) in [6, 6.07) is 8.25. The van der Waals surface area contributed by atoms with Crippen LogP contribution >= 0.6 is 0 Å². The molecule has 2 aromatic rings. The van der Waals surface area contributed by atoms with Gasteiger partial charge in [-0.3, -0.25) is 0 Å². The van der Waals surface area contributed by atoms with Crippen LogP contribution in [0.25, 0.3) is 0 Å². The fourth-order valence-corrected chi connectivity index (χ4v) is 1.62. The van der Waals surface area contributed by atoms with Crippen LogP contribution in [0.3, 0.4) is 0 Å². The van der Waals surface area contributed by atoms with Crippen LogP contribution in [0, 0.1) is 5.82 Å². The van der Waals surface area contributed by atoms with Gasteiger partial charge in [0.1, 0.15) is 11.6 Å². The average molecular weight is 233 g/mol. The van der Waals surface area contributed by atoms with Gasteiger partial charge in [0.15, 0.2) is 0 Å². The van der Waals surface area contributed by atoms with Crippen molar-refractivity contribution in [3.05, 3.63) is 47.4 Å². The van der Waals surface area contributed by atoms with E-state index >= 15 is 0 Å². The summed E-state index contributed by atoms with van der Waals surface area (Å²) in [6.45, 7) is 4.72. The number of hydrogen-bond acceptors (Lipinski definition) is 2. The first kappa shape index (κ1) is 11.6. The smallest absolute Gasteiger partial charge is 0.123 e. The van der Waals surface area contributed by atoms with Gasteiger partial charge < -0.3 is 5.73 Å². The molecule has 0 amide bonds. The van der Waals surface area contributed by atoms with Crippen molar-refractivity contribution in [2.45, 2.75) is 26.3 Å². The molecule has 0 saturated carbocycles. The molecule has 1 aromatic heterocycles. The Hall–Kier alpha value is -1.84. The molecule has 0 aliphatic heterocycles. The van der Waals surface area contributed by atoms with Gasteiger partial charge in [0, 0.05) is 6.07 Å². The summed E-state index contributed by atoms with van der Waals surface area (Å²) in [5, 5.41) is 4.42. The number of halogens is 1. The van der Waals surface area contributed by atoms with Gasteiger partial charge >= 0.3 is 0 Å². The minimum atomic E-state index is -0.231. The minimum absolute atomic E-state index is 0.231. The van der Waals surface area contributed by atoms with E-state index in [1.807, 2.05) is 6.07 Å². The van der Waals surface area contributed by atoms with Gasteiger partial charge in [-0.15, -0.1) is 0 Å². The van der Waals surface area contributed by atoms with Gasteiger partial charge in [0.05, 0.1) is 12.2 Å². The zero-order chi connectivity index (χ0) is 12.4. The molecule has 0 radical (unpaired) electrons. The third kappa shape index (κ3) is 2.64. The van der Waals surface area contributed by atoms with E-state index in [9.17, 15) is 4.39 Å². The molecule has 0 unspecified atom stereocenters. The highest BCUT2D eigenvalue weighted by Gasteiger charge is 2.08. The number of aromatic nitrogens is 2. The number of rotatable bonds is 3. The number of nitrogens with zero attached hydrogens (tertiary/aromatic N) is 2. The summed E-state index contributed by atoms with van der Waals surface area (Å²) < 4.78 is 14.5. The largest absolute Gasteiger partial charge is 0.384 e. The zero-order valence-electron chi connectivity index (χ0n) is 10.0. The first-order chi connectivity index (χ1) is 8.06. The highest BCUT2D eigenvalue weighted by Crippen LogP contribution is 2.17. The maximum atomic E-state index is 12.8. The van der Waals surface area contributed by atoms with Crippen molar-refractivity contribution in [3.63, 3.8) is 0 Å². The van der Waals surface area contributed by atoms with Gasteiger partial charge in [0.2, 0.25) is 0 Å². The Balaban J connectivity index is 2.21. The van der Waals surface area contributed by atoms with Crippen LogP contribution in [0.5, 0.6) is 0 Å². The number of nitrogens with two attached hydrogens (primary N) is 1. The second-order valence-corrected chi connectivity index (χ2v) is 4.43. The predicted molar refractivity (Wildman–Crippen MR) is 66.2 cm³/mol. The summed E-state index contributed by atoms with van der Waals surface area (Å²) >= 11 is 0. The normalized spacial score (nSPS) is 11.1. The summed E-state index contributed by atoms with van der Waals surface area (Å²) in [5.74, 6) is 0.759. The van der Waals surface area contributed by atoms with Crippen LogP contribution in [-0.2, 0) is 6.54 Å². The molecule has 3 nitrogen and oxygen atoms in total. The van der Waals surface area contributed by atoms with Crippen molar-refractivity contribution in [2.24, 2.45) is 0 Å². The first-order valence-corrected chi connectivity index (χ1v) is 5.64. The molecule has 0 spiro atoms. The third-order valence-corrected chi connectivity index (χ3v) is 2.67. The van der Waals surface area contributed by atoms with Crippen LogP contribution in [0.2, 0.25) is 0 Å². The van der Waals surface area contributed by atoms with Gasteiger partial charge in [-0.2, -0.15) is 5.10 Å². The van der Waals surface area contributed by atoms with Crippen molar-refractivity contribution in [1.82, 2.24) is 9.78 Å². The van der Waals surface area contributed by atoms with E-state index < -0.39 is 0 Å². The molecule has 1 aromatic carbocycles. The lowest BCUT2D eigenvalue weighted by atomic mass is 10.1. The maximum Gasteiger partial charge on any atom is 0.123 e. The molecular formula is C13H16FN3. The fraction of sp³-hybridized carbons (Fsp3) is 0.308. The maximum absolute atomic E-state index is 12.8. The number of benzene rings is 1. The molecule has 90 valence electrons. The Morgan fingerprint density at radius 1 is 1.29 bits per heavy atom. The lowest BCUT2D eigenvalue weighted by Crippen LogP contribution is -2.06. The van der Waals surface area contributed by atoms with E-state index in [0.717, 1.165) is 11.3 Å². The summed E-state index contributed by atoms with van der Waals surface area (Å²) in [5.41, 5.74) is 7.84. The van der Waals surface area contributed by atoms with E-state index in [-0.39, 0.29) is 5.82 Å². The Labute approximate surface area is 100 Å². The summed E-state index contributed by atoms with van der Waals surface area (Å²) in [6.07, 6.45) is 0. The van der Waals surface area contributed by atoms with Crippen LogP contribution in [-0.4, -0.2) is 9.78 Å². The molecular weight excluding hydrogens is 217 g/mol. The van der Waals surface area contributed by atoms with E-state index in [0.29, 0.717) is 18.3 Å². The Bertz CT molecular complexity index is 500. The van der Waals surface area contributed by atoms with Crippen molar-refractivity contribution in [2.75, 3.05) is 5.73 Å². The van der Waals surface area contributed by atoms with Gasteiger partial charge in [-0.25, -0.2) is 9.07 Å². The second kappa shape index (κ2) is 4.57. The Kier molecular flexibility index (Phi) is 3.13. The zero-order valence-corrected chi connectivity index (χ0v) is 10.0. The van der Waals surface area contributed by atoms with E-state index in [1.165, 1.54) is 12.1 Å². The monoisotopic (exact) mass is 233 g/mol. The van der Waals surface area contributed by atoms with Crippen molar-refractivity contribution < 1.29 is 4.39 Å². The van der Waals surface area contributed by atoms with Gasteiger partial charge in [-0.1, -0.05) is 26.0 Å². The lowest BCUT2D eigenvalue weighted by molar-refractivity contribution is 0.623. The molecule has 0 aliphatic carbocycles. The first-order valence-electron chi connectivity index (χ1n) is 5.64. The van der Waals surface area contributed by atoms with Crippen molar-refractivity contribution in [3.8, 4) is 0 Å². The number of nitrogen functional groups attached to an aromatic ring is 1. The molecule has 0 bridgehead atoms. The van der Waals surface area contributed by atoms with Crippen LogP contribution in [0.15, 0.2) is 30.3 Å². The molecule has 0 aliphatic rings. The number of anilines is 1. The summed E-state index contributed by atoms with van der Waals surface area (Å²) in [4.78, 5) is 0. The fourth-order valence-electron chi connectivity index (χ4n) is 1.62. The molecule has 2 rings (SSSR count). The molecule has 0 atom stereocenters. The summed E-state index contributed by atoms with van der Waals surface area (Å²) in [7, 11) is 0. The standard InChI is InChI=1S/C13H16FN3/c1-9(2)12-7-13(15)17(16-12)8-10-3-5-11(14)6-4-10/h3-7,9H,8,15H2,1-2H3. The third-order valence-electron chi connectivity index (χ3n) is 2.67. The molecule has 1 heterocycles. The highest BCUT2D eigenvalue weighted by molar-refractivity contribution is 5.33. The molecule has 4 heteroatoms. The van der Waals surface area contributed by atoms with Crippen molar-refractivity contribution in [1.29, 1.82) is 0 Å². The molecule has 2 N–H and O–H groups in total. The van der Waals surface area contributed by atoms with Crippen LogP contribution < -0.4 is 5.73 Å². The average Bonchev–Trinajstić information content (AvgIpc) is 2.64. The number of hydrogen-bond donors (Lipinski definition) is 1. The second-order valence-electron chi connectivity index (χ2n) is 4.43. The van der Waals surface area contributed by atoms with Gasteiger partial charge in [-0.05, 0) is 23.6 Å². The highest BCUT2D eigenvalue weighted by atomic mass is 19.1. The van der Waals surface area contributed by atoms with E-state index in [4.69, 9.17) is 5.73 Å². The SMILES string of the molecule is CC(C)c1cc(N)n(Cc2ccc(F)cc2)n1. The molecule has 0 saturated heterocycles. The Morgan fingerprint density at radius 2 is 1.94 bits per heavy atom. The molecule has 17 heavy (non-hydrogen) atoms. The quantitative estimate of drug-likeness (QED) is 0.885. The Morgan fingerprint density at radius 3 is 2.47 bits per heavy atom. The predicted octanol–water partition coefficient (Wildman–Crippen LogP) is 2.78. The van der Waals surface area contributed by atoms with E-state index in [1.54, 1.807) is 16.8 Å². The minimum Gasteiger partial charge on any atom is -0.384 e. The van der Waals surface area contributed by atoms with Gasteiger partial charge in [0.25, 0.3) is 0 Å². The molecule has 0 fully saturated rings. The van der Waals surface area contributed by atoms with E-state index in [2.05, 4.69) is 18.9 Å². The van der Waals surface area contributed by atoms with Crippen molar-refractivity contribution >= 4 is 5.82 Å². The van der Waals surface area contributed by atoms with Crippen LogP contribution in [0.4, 0.5) is 10.2 Å². The topological polar surface area (TPSA) is 43.8 Å².